The number of rotatable bonds is 1. The lowest BCUT2D eigenvalue weighted by Crippen LogP contribution is -2.29. The van der Waals surface area contributed by atoms with Crippen LogP contribution < -0.4 is 14.8 Å². The van der Waals surface area contributed by atoms with Gasteiger partial charge in [0, 0.05) is 5.92 Å². The highest BCUT2D eigenvalue weighted by Crippen LogP contribution is 2.51. The molecule has 2 aliphatic heterocycles. The van der Waals surface area contributed by atoms with Crippen molar-refractivity contribution in [2.45, 2.75) is 18.4 Å². The van der Waals surface area contributed by atoms with Gasteiger partial charge in [0.25, 0.3) is 0 Å². The highest BCUT2D eigenvalue weighted by atomic mass is 19.1. The van der Waals surface area contributed by atoms with E-state index >= 15 is 0 Å². The van der Waals surface area contributed by atoms with Crippen LogP contribution in [0.2, 0.25) is 0 Å². The fourth-order valence-electron chi connectivity index (χ4n) is 4.02. The summed E-state index contributed by atoms with van der Waals surface area (Å²) >= 11 is 0. The molecular weight excluding hydrogens is 293 g/mol. The van der Waals surface area contributed by atoms with Crippen LogP contribution in [0.3, 0.4) is 0 Å². The molecule has 0 saturated heterocycles. The van der Waals surface area contributed by atoms with Crippen LogP contribution in [0.25, 0.3) is 0 Å². The van der Waals surface area contributed by atoms with Crippen LogP contribution in [-0.2, 0) is 0 Å². The maximum atomic E-state index is 14.3. The third kappa shape index (κ3) is 1.87. The van der Waals surface area contributed by atoms with Gasteiger partial charge < -0.3 is 14.8 Å². The largest absolute Gasteiger partial charge is 0.454 e. The Morgan fingerprint density at radius 1 is 1.09 bits per heavy atom. The first-order valence-electron chi connectivity index (χ1n) is 7.92. The molecule has 0 unspecified atom stereocenters. The van der Waals surface area contributed by atoms with Gasteiger partial charge in [0.05, 0.1) is 11.7 Å². The molecule has 0 radical (unpaired) electrons. The first-order chi connectivity index (χ1) is 11.3. The molecule has 2 heterocycles. The van der Waals surface area contributed by atoms with Crippen molar-refractivity contribution < 1.29 is 13.9 Å². The maximum Gasteiger partial charge on any atom is 0.231 e. The molecular formula is C19H16FNO2. The molecule has 23 heavy (non-hydrogen) atoms. The Morgan fingerprint density at radius 3 is 2.96 bits per heavy atom. The van der Waals surface area contributed by atoms with Gasteiger partial charge in [-0.05, 0) is 41.7 Å². The summed E-state index contributed by atoms with van der Waals surface area (Å²) in [6, 6.07) is 11.4. The van der Waals surface area contributed by atoms with Gasteiger partial charge in [0.2, 0.25) is 6.79 Å². The average molecular weight is 309 g/mol. The summed E-state index contributed by atoms with van der Waals surface area (Å²) in [6.07, 6.45) is 5.41. The van der Waals surface area contributed by atoms with E-state index in [4.69, 9.17) is 9.47 Å². The first-order valence-corrected chi connectivity index (χ1v) is 7.92. The monoisotopic (exact) mass is 309 g/mol. The number of hydrogen-bond donors (Lipinski definition) is 1. The van der Waals surface area contributed by atoms with Crippen LogP contribution >= 0.6 is 0 Å². The van der Waals surface area contributed by atoms with Crippen LogP contribution in [0.4, 0.5) is 10.1 Å². The van der Waals surface area contributed by atoms with Crippen molar-refractivity contribution in [3.05, 3.63) is 65.5 Å². The van der Waals surface area contributed by atoms with Crippen molar-refractivity contribution in [1.82, 2.24) is 0 Å². The molecule has 3 aliphatic rings. The van der Waals surface area contributed by atoms with Crippen LogP contribution in [0.15, 0.2) is 48.6 Å². The predicted octanol–water partition coefficient (Wildman–Crippen LogP) is 4.38. The second kappa shape index (κ2) is 4.75. The second-order valence-corrected chi connectivity index (χ2v) is 6.29. The van der Waals surface area contributed by atoms with E-state index in [1.54, 1.807) is 6.07 Å². The number of fused-ring (bicyclic) bond motifs is 4. The number of halogens is 1. The smallest absolute Gasteiger partial charge is 0.231 e. The Kier molecular flexibility index (Phi) is 2.68. The van der Waals surface area contributed by atoms with Crippen molar-refractivity contribution in [3.63, 3.8) is 0 Å². The fraction of sp³-hybridized carbons (Fsp3) is 0.263. The molecule has 5 rings (SSSR count). The fourth-order valence-corrected chi connectivity index (χ4v) is 4.02. The van der Waals surface area contributed by atoms with Crippen molar-refractivity contribution >= 4 is 5.69 Å². The van der Waals surface area contributed by atoms with Crippen molar-refractivity contribution in [2.75, 3.05) is 12.1 Å². The number of para-hydroxylation sites is 1. The number of hydrogen-bond acceptors (Lipinski definition) is 3. The average Bonchev–Trinajstić information content (AvgIpc) is 3.23. The van der Waals surface area contributed by atoms with E-state index in [2.05, 4.69) is 17.5 Å². The molecule has 2 aromatic carbocycles. The highest BCUT2D eigenvalue weighted by Gasteiger charge is 2.39. The molecule has 1 N–H and O–H groups in total. The summed E-state index contributed by atoms with van der Waals surface area (Å²) in [7, 11) is 0. The minimum Gasteiger partial charge on any atom is -0.454 e. The van der Waals surface area contributed by atoms with Gasteiger partial charge in [-0.3, -0.25) is 0 Å². The minimum absolute atomic E-state index is 0.0638. The molecule has 0 fully saturated rings. The molecule has 116 valence electrons. The normalized spacial score (nSPS) is 26.6. The van der Waals surface area contributed by atoms with E-state index in [0.717, 1.165) is 29.0 Å². The summed E-state index contributed by atoms with van der Waals surface area (Å²) in [5, 5.41) is 3.43. The van der Waals surface area contributed by atoms with Gasteiger partial charge in [0.1, 0.15) is 5.82 Å². The molecule has 0 spiro atoms. The summed E-state index contributed by atoms with van der Waals surface area (Å²) in [4.78, 5) is 0. The lowest BCUT2D eigenvalue weighted by molar-refractivity contribution is 0.174. The Morgan fingerprint density at radius 2 is 2.00 bits per heavy atom. The van der Waals surface area contributed by atoms with Crippen molar-refractivity contribution in [2.24, 2.45) is 5.92 Å². The molecule has 0 bridgehead atoms. The van der Waals surface area contributed by atoms with Crippen molar-refractivity contribution in [1.29, 1.82) is 0 Å². The minimum atomic E-state index is -0.188. The van der Waals surface area contributed by atoms with Crippen LogP contribution in [0, 0.1) is 11.7 Å². The van der Waals surface area contributed by atoms with Crippen LogP contribution in [-0.4, -0.2) is 6.79 Å². The molecule has 4 heteroatoms. The van der Waals surface area contributed by atoms with Crippen LogP contribution in [0.1, 0.15) is 29.5 Å². The van der Waals surface area contributed by atoms with Gasteiger partial charge in [-0.25, -0.2) is 4.39 Å². The molecule has 0 aromatic heterocycles. The zero-order valence-electron chi connectivity index (χ0n) is 12.5. The standard InChI is InChI=1S/C19H16FNO2/c20-15-6-2-5-14-12-3-1-4-13(12)18(21-19(14)15)11-7-8-16-17(9-11)23-10-22-16/h1-3,5-9,12-13,18,21H,4,10H2/t12-,13+,18+/m1/s1. The zero-order valence-corrected chi connectivity index (χ0v) is 12.5. The third-order valence-electron chi connectivity index (χ3n) is 5.10. The van der Waals surface area contributed by atoms with Crippen molar-refractivity contribution in [3.8, 4) is 11.5 Å². The Hall–Kier alpha value is -2.49. The third-order valence-corrected chi connectivity index (χ3v) is 5.10. The second-order valence-electron chi connectivity index (χ2n) is 6.29. The van der Waals surface area contributed by atoms with Crippen LogP contribution in [0.5, 0.6) is 11.5 Å². The summed E-state index contributed by atoms with van der Waals surface area (Å²) in [5.74, 6) is 2.01. The van der Waals surface area contributed by atoms with E-state index < -0.39 is 0 Å². The summed E-state index contributed by atoms with van der Waals surface area (Å²) in [6.45, 7) is 0.266. The van der Waals surface area contributed by atoms with E-state index in [0.29, 0.717) is 11.6 Å². The summed E-state index contributed by atoms with van der Waals surface area (Å²) < 4.78 is 25.2. The Balaban J connectivity index is 1.60. The molecule has 0 saturated carbocycles. The van der Waals surface area contributed by atoms with E-state index in [-0.39, 0.29) is 24.6 Å². The number of allylic oxidation sites excluding steroid dienone is 2. The predicted molar refractivity (Wildman–Crippen MR) is 85.3 cm³/mol. The van der Waals surface area contributed by atoms with Gasteiger partial charge in [-0.15, -0.1) is 0 Å². The molecule has 2 aromatic rings. The van der Waals surface area contributed by atoms with Gasteiger partial charge in [0.15, 0.2) is 11.5 Å². The lowest BCUT2D eigenvalue weighted by atomic mass is 9.77. The first kappa shape index (κ1) is 13.0. The quantitative estimate of drug-likeness (QED) is 0.793. The number of ether oxygens (including phenoxy) is 2. The number of anilines is 1. The Labute approximate surface area is 133 Å². The van der Waals surface area contributed by atoms with Gasteiger partial charge in [-0.2, -0.15) is 0 Å². The topological polar surface area (TPSA) is 30.5 Å². The van der Waals surface area contributed by atoms with E-state index in [1.165, 1.54) is 6.07 Å². The highest BCUT2D eigenvalue weighted by molar-refractivity contribution is 5.61. The molecule has 3 atom stereocenters. The summed E-state index contributed by atoms with van der Waals surface area (Å²) in [5.41, 5.74) is 2.80. The number of nitrogens with one attached hydrogen (secondary N) is 1. The van der Waals surface area contributed by atoms with E-state index in [1.807, 2.05) is 24.3 Å². The van der Waals surface area contributed by atoms with Gasteiger partial charge in [-0.1, -0.05) is 30.4 Å². The lowest BCUT2D eigenvalue weighted by Gasteiger charge is -2.37. The molecule has 0 amide bonds. The maximum absolute atomic E-state index is 14.3. The molecule has 3 nitrogen and oxygen atoms in total. The molecule has 1 aliphatic carbocycles. The number of benzene rings is 2. The van der Waals surface area contributed by atoms with E-state index in [9.17, 15) is 4.39 Å². The SMILES string of the molecule is Fc1cccc2c1N[C@@H](c1ccc3c(c1)OCO3)[C@H]1CC=C[C@@H]21. The zero-order chi connectivity index (χ0) is 15.4. The Bertz CT molecular complexity index is 817. The van der Waals surface area contributed by atoms with Gasteiger partial charge >= 0.3 is 0 Å².